The van der Waals surface area contributed by atoms with Crippen LogP contribution in [0.15, 0.2) is 42.0 Å². The minimum absolute atomic E-state index is 0.435. The Morgan fingerprint density at radius 3 is 2.61 bits per heavy atom. The molecule has 1 aromatic carbocycles. The van der Waals surface area contributed by atoms with E-state index in [1.54, 1.807) is 24.3 Å². The molecule has 2 rings (SSSR count). The number of allylic oxidation sites excluding steroid dienone is 1. The van der Waals surface area contributed by atoms with E-state index in [0.29, 0.717) is 18.4 Å². The van der Waals surface area contributed by atoms with Crippen LogP contribution in [0.1, 0.15) is 36.5 Å². The lowest BCUT2D eigenvalue weighted by Crippen LogP contribution is -2.38. The second-order valence-electron chi connectivity index (χ2n) is 4.69. The quantitative estimate of drug-likeness (QED) is 0.466. The second-order valence-corrected chi connectivity index (χ2v) is 4.69. The molecule has 0 radical (unpaired) electrons. The van der Waals surface area contributed by atoms with Crippen molar-refractivity contribution in [1.29, 1.82) is 0 Å². The minimum Gasteiger partial charge on any atom is -0.447 e. The molecule has 1 unspecified atom stereocenters. The van der Waals surface area contributed by atoms with Crippen molar-refractivity contribution in [2.24, 2.45) is 0 Å². The van der Waals surface area contributed by atoms with E-state index in [2.05, 4.69) is 0 Å². The van der Waals surface area contributed by atoms with Gasteiger partial charge in [-0.3, -0.25) is 4.79 Å². The first-order valence-electron chi connectivity index (χ1n) is 6.06. The molecular formula is C15H16O3. The van der Waals surface area contributed by atoms with Crippen LogP contribution in [-0.2, 0) is 9.53 Å². The third-order valence-corrected chi connectivity index (χ3v) is 3.26. The van der Waals surface area contributed by atoms with Crippen molar-refractivity contribution in [2.45, 2.75) is 31.8 Å². The third-order valence-electron chi connectivity index (χ3n) is 3.26. The molecule has 0 spiro atoms. The van der Waals surface area contributed by atoms with Gasteiger partial charge in [0.15, 0.2) is 11.9 Å². The summed E-state index contributed by atoms with van der Waals surface area (Å²) in [4.78, 5) is 23.2. The highest BCUT2D eigenvalue weighted by Gasteiger charge is 2.35. The van der Waals surface area contributed by atoms with E-state index in [9.17, 15) is 9.59 Å². The van der Waals surface area contributed by atoms with E-state index < -0.39 is 11.6 Å². The fourth-order valence-electron chi connectivity index (χ4n) is 2.00. The van der Waals surface area contributed by atoms with Crippen LogP contribution in [0, 0.1) is 0 Å². The van der Waals surface area contributed by atoms with Crippen molar-refractivity contribution in [2.75, 3.05) is 0 Å². The molecule has 0 fully saturated rings. The van der Waals surface area contributed by atoms with Crippen LogP contribution < -0.4 is 0 Å². The molecule has 0 bridgehead atoms. The predicted molar refractivity (Wildman–Crippen MR) is 68.3 cm³/mol. The summed E-state index contributed by atoms with van der Waals surface area (Å²) in [6.07, 6.45) is 4.56. The molecule has 18 heavy (non-hydrogen) atoms. The molecule has 3 heteroatoms. The molecule has 0 aromatic heterocycles. The molecular weight excluding hydrogens is 228 g/mol. The normalized spacial score (nSPS) is 23.1. The lowest BCUT2D eigenvalue weighted by molar-refractivity contribution is -0.126. The summed E-state index contributed by atoms with van der Waals surface area (Å²) in [6, 6.07) is 8.75. The summed E-state index contributed by atoms with van der Waals surface area (Å²) in [7, 11) is 0. The zero-order valence-electron chi connectivity index (χ0n) is 10.4. The molecule has 3 nitrogen and oxygen atoms in total. The fourth-order valence-corrected chi connectivity index (χ4v) is 2.00. The number of hydrogen-bond acceptors (Lipinski definition) is 3. The zero-order chi connectivity index (χ0) is 13.0. The summed E-state index contributed by atoms with van der Waals surface area (Å²) < 4.78 is 5.41. The average molecular weight is 244 g/mol. The number of carbonyl (C=O) groups is 2. The fraction of sp³-hybridized carbons (Fsp3) is 0.333. The van der Waals surface area contributed by atoms with Crippen LogP contribution in [0.3, 0.4) is 0 Å². The number of benzene rings is 1. The smallest absolute Gasteiger partial charge is 0.339 e. The maximum absolute atomic E-state index is 12.0. The van der Waals surface area contributed by atoms with Gasteiger partial charge in [0.05, 0.1) is 5.56 Å². The van der Waals surface area contributed by atoms with Gasteiger partial charge in [0.1, 0.15) is 0 Å². The van der Waals surface area contributed by atoms with E-state index >= 15 is 0 Å². The highest BCUT2D eigenvalue weighted by Crippen LogP contribution is 2.30. The van der Waals surface area contributed by atoms with Crippen LogP contribution in [0.5, 0.6) is 0 Å². The van der Waals surface area contributed by atoms with Gasteiger partial charge in [-0.2, -0.15) is 0 Å². The number of ether oxygens (including phenoxy) is 1. The van der Waals surface area contributed by atoms with Gasteiger partial charge in [0.25, 0.3) is 0 Å². The van der Waals surface area contributed by atoms with Gasteiger partial charge in [-0.05, 0) is 31.9 Å². The van der Waals surface area contributed by atoms with Gasteiger partial charge < -0.3 is 4.74 Å². The number of hydrogen-bond donors (Lipinski definition) is 0. The van der Waals surface area contributed by atoms with E-state index in [1.165, 1.54) is 5.57 Å². The van der Waals surface area contributed by atoms with Crippen LogP contribution in [-0.4, -0.2) is 17.9 Å². The summed E-state index contributed by atoms with van der Waals surface area (Å²) in [5.74, 6) is -0.435. The molecule has 1 aliphatic carbocycles. The van der Waals surface area contributed by atoms with Crippen molar-refractivity contribution in [3.63, 3.8) is 0 Å². The third kappa shape index (κ3) is 2.67. The van der Waals surface area contributed by atoms with Gasteiger partial charge >= 0.3 is 5.97 Å². The Kier molecular flexibility index (Phi) is 3.60. The van der Waals surface area contributed by atoms with Crippen LogP contribution in [0.2, 0.25) is 0 Å². The van der Waals surface area contributed by atoms with E-state index in [1.807, 2.05) is 19.1 Å². The Morgan fingerprint density at radius 2 is 2.06 bits per heavy atom. The Hall–Kier alpha value is -1.90. The van der Waals surface area contributed by atoms with Gasteiger partial charge in [-0.1, -0.05) is 29.8 Å². The lowest BCUT2D eigenvalue weighted by atomic mass is 9.87. The molecule has 0 heterocycles. The van der Waals surface area contributed by atoms with Gasteiger partial charge in [-0.25, -0.2) is 4.79 Å². The topological polar surface area (TPSA) is 43.4 Å². The Bertz CT molecular complexity index is 476. The molecule has 0 N–H and O–H groups in total. The van der Waals surface area contributed by atoms with Crippen LogP contribution >= 0.6 is 0 Å². The molecule has 0 amide bonds. The summed E-state index contributed by atoms with van der Waals surface area (Å²) in [5, 5.41) is 0. The summed E-state index contributed by atoms with van der Waals surface area (Å²) >= 11 is 0. The lowest BCUT2D eigenvalue weighted by Gasteiger charge is -2.30. The molecule has 1 aromatic rings. The maximum atomic E-state index is 12.0. The Morgan fingerprint density at radius 1 is 1.33 bits per heavy atom. The summed E-state index contributed by atoms with van der Waals surface area (Å²) in [5.41, 5.74) is 0.736. The van der Waals surface area contributed by atoms with Gasteiger partial charge in [0.2, 0.25) is 0 Å². The van der Waals surface area contributed by atoms with E-state index in [4.69, 9.17) is 4.74 Å². The van der Waals surface area contributed by atoms with Crippen molar-refractivity contribution in [3.8, 4) is 0 Å². The highest BCUT2D eigenvalue weighted by atomic mass is 16.6. The second kappa shape index (κ2) is 5.17. The first kappa shape index (κ1) is 12.6. The largest absolute Gasteiger partial charge is 0.447 e. The van der Waals surface area contributed by atoms with E-state index in [0.717, 1.165) is 12.7 Å². The highest BCUT2D eigenvalue weighted by molar-refractivity contribution is 5.91. The van der Waals surface area contributed by atoms with Crippen LogP contribution in [0.4, 0.5) is 0 Å². The Balaban J connectivity index is 2.12. The monoisotopic (exact) mass is 244 g/mol. The Labute approximate surface area is 106 Å². The molecule has 1 atom stereocenters. The summed E-state index contributed by atoms with van der Waals surface area (Å²) in [6.45, 7) is 2.02. The van der Waals surface area contributed by atoms with Crippen LogP contribution in [0.25, 0.3) is 0 Å². The first-order chi connectivity index (χ1) is 8.65. The number of rotatable bonds is 3. The minimum atomic E-state index is -0.980. The number of aldehydes is 1. The van der Waals surface area contributed by atoms with Gasteiger partial charge in [0, 0.05) is 6.42 Å². The first-order valence-corrected chi connectivity index (χ1v) is 6.06. The molecule has 0 saturated carbocycles. The standard InChI is InChI=1S/C15H16O3/c1-12-7-9-15(11-16,10-8-12)18-14(17)13-5-3-2-4-6-13/h2-7,11H,8-10H2,1H3. The van der Waals surface area contributed by atoms with Crippen molar-refractivity contribution in [3.05, 3.63) is 47.5 Å². The molecule has 0 aliphatic heterocycles. The zero-order valence-corrected chi connectivity index (χ0v) is 10.4. The number of carbonyl (C=O) groups excluding carboxylic acids is 2. The van der Waals surface area contributed by atoms with Gasteiger partial charge in [-0.15, -0.1) is 0 Å². The average Bonchev–Trinajstić information content (AvgIpc) is 2.43. The maximum Gasteiger partial charge on any atom is 0.339 e. The van der Waals surface area contributed by atoms with Crippen molar-refractivity contribution in [1.82, 2.24) is 0 Å². The predicted octanol–water partition coefficient (Wildman–Crippen LogP) is 2.91. The molecule has 0 saturated heterocycles. The molecule has 94 valence electrons. The SMILES string of the molecule is CC1=CCC(C=O)(OC(=O)c2ccccc2)CC1. The van der Waals surface area contributed by atoms with E-state index in [-0.39, 0.29) is 0 Å². The molecule has 1 aliphatic rings. The van der Waals surface area contributed by atoms with Crippen molar-refractivity contribution < 1.29 is 14.3 Å². The number of esters is 1. The van der Waals surface area contributed by atoms with Crippen molar-refractivity contribution >= 4 is 12.3 Å².